The Labute approximate surface area is 104 Å². The highest BCUT2D eigenvalue weighted by Crippen LogP contribution is 2.15. The quantitative estimate of drug-likeness (QED) is 0.794. The molecule has 0 aromatic carbocycles. The van der Waals surface area contributed by atoms with E-state index >= 15 is 0 Å². The third-order valence-electron chi connectivity index (χ3n) is 1.99. The second-order valence-electron chi connectivity index (χ2n) is 3.19. The lowest BCUT2D eigenvalue weighted by molar-refractivity contribution is 0.456. The van der Waals surface area contributed by atoms with Crippen molar-refractivity contribution in [1.29, 1.82) is 0 Å². The number of hydrogen-bond donors (Lipinski definition) is 1. The van der Waals surface area contributed by atoms with E-state index in [9.17, 15) is 12.8 Å². The molecule has 0 amide bonds. The first-order valence-electron chi connectivity index (χ1n) is 4.78. The van der Waals surface area contributed by atoms with Crippen LogP contribution in [-0.2, 0) is 10.0 Å². The molecule has 0 aliphatic rings. The van der Waals surface area contributed by atoms with Crippen LogP contribution in [0.4, 0.5) is 4.39 Å². The average Bonchev–Trinajstić information content (AvgIpc) is 2.25. The van der Waals surface area contributed by atoms with Gasteiger partial charge < -0.3 is 5.73 Å². The maximum Gasteiger partial charge on any atom is 0.263 e. The molecule has 8 heteroatoms. The zero-order valence-corrected chi connectivity index (χ0v) is 10.8. The average molecular weight is 277 g/mol. The lowest BCUT2D eigenvalue weighted by Crippen LogP contribution is -2.38. The number of nitrogens with zero attached hydrogens (tertiary/aromatic N) is 2. The molecule has 0 radical (unpaired) electrons. The fourth-order valence-corrected chi connectivity index (χ4v) is 2.86. The number of hydrogen-bond acceptors (Lipinski definition) is 4. The first-order valence-corrected chi connectivity index (χ1v) is 6.63. The lowest BCUT2D eigenvalue weighted by atomic mass is 10.5. The zero-order chi connectivity index (χ0) is 13.1. The predicted octanol–water partition coefficient (Wildman–Crippen LogP) is 0.517. The fraction of sp³-hybridized carbons (Fsp3) is 0.333. The Hall–Kier alpha value is -1.12. The Morgan fingerprint density at radius 3 is 2.76 bits per heavy atom. The van der Waals surface area contributed by atoms with Crippen LogP contribution in [0.5, 0.6) is 0 Å². The number of thiocarbonyl (C=S) groups is 1. The fourth-order valence-electron chi connectivity index (χ4n) is 1.22. The highest BCUT2D eigenvalue weighted by Gasteiger charge is 2.27. The molecule has 0 fully saturated rings. The van der Waals surface area contributed by atoms with E-state index in [2.05, 4.69) is 17.2 Å². The van der Waals surface area contributed by atoms with E-state index in [-0.39, 0.29) is 18.1 Å². The first kappa shape index (κ1) is 13.9. The van der Waals surface area contributed by atoms with Gasteiger partial charge in [-0.25, -0.2) is 17.8 Å². The molecule has 1 aromatic heterocycles. The summed E-state index contributed by atoms with van der Waals surface area (Å²) >= 11 is 4.65. The molecular weight excluding hydrogens is 265 g/mol. The molecule has 0 aliphatic carbocycles. The Kier molecular flexibility index (Phi) is 4.49. The molecule has 1 aromatic rings. The van der Waals surface area contributed by atoms with E-state index < -0.39 is 20.9 Å². The van der Waals surface area contributed by atoms with Gasteiger partial charge >= 0.3 is 0 Å². The maximum absolute atomic E-state index is 13.4. The van der Waals surface area contributed by atoms with E-state index in [1.807, 2.05) is 0 Å². The highest BCUT2D eigenvalue weighted by atomic mass is 32.2. The lowest BCUT2D eigenvalue weighted by Gasteiger charge is -2.19. The van der Waals surface area contributed by atoms with E-state index in [0.29, 0.717) is 0 Å². The predicted molar refractivity (Wildman–Crippen MR) is 65.4 cm³/mol. The summed E-state index contributed by atoms with van der Waals surface area (Å²) in [6.07, 6.45) is 1.21. The standard InChI is InChI=1S/C9H12FN3O2S2/c1-2-13(6-8(11)16)17(14,15)9-7(10)4-3-5-12-9/h3-5H,2,6H2,1H3,(H2,11,16). The minimum absolute atomic E-state index is 0.0202. The Bertz CT molecular complexity index is 519. The molecule has 0 aliphatic heterocycles. The van der Waals surface area contributed by atoms with Crippen LogP contribution in [0.25, 0.3) is 0 Å². The van der Waals surface area contributed by atoms with Crippen molar-refractivity contribution in [2.75, 3.05) is 13.1 Å². The zero-order valence-electron chi connectivity index (χ0n) is 9.13. The van der Waals surface area contributed by atoms with Crippen molar-refractivity contribution >= 4 is 27.2 Å². The van der Waals surface area contributed by atoms with Gasteiger partial charge in [0.25, 0.3) is 10.0 Å². The molecule has 94 valence electrons. The molecule has 0 saturated heterocycles. The molecule has 17 heavy (non-hydrogen) atoms. The molecule has 0 atom stereocenters. The largest absolute Gasteiger partial charge is 0.392 e. The van der Waals surface area contributed by atoms with Gasteiger partial charge in [0.2, 0.25) is 5.03 Å². The summed E-state index contributed by atoms with van der Waals surface area (Å²) in [5, 5.41) is -0.613. The molecule has 0 saturated carbocycles. The summed E-state index contributed by atoms with van der Waals surface area (Å²) in [5.74, 6) is -0.895. The normalized spacial score (nSPS) is 11.7. The summed E-state index contributed by atoms with van der Waals surface area (Å²) in [6, 6.07) is 2.35. The molecule has 0 spiro atoms. The molecule has 2 N–H and O–H groups in total. The van der Waals surface area contributed by atoms with E-state index in [0.717, 1.165) is 10.4 Å². The van der Waals surface area contributed by atoms with Crippen LogP contribution in [0, 0.1) is 5.82 Å². The number of pyridine rings is 1. The number of sulfonamides is 1. The van der Waals surface area contributed by atoms with Crippen molar-refractivity contribution < 1.29 is 12.8 Å². The van der Waals surface area contributed by atoms with Gasteiger partial charge in [-0.05, 0) is 12.1 Å². The van der Waals surface area contributed by atoms with Gasteiger partial charge in [-0.2, -0.15) is 4.31 Å². The van der Waals surface area contributed by atoms with Gasteiger partial charge in [0, 0.05) is 12.7 Å². The number of aromatic nitrogens is 1. The molecule has 5 nitrogen and oxygen atoms in total. The molecule has 0 bridgehead atoms. The van der Waals surface area contributed by atoms with Gasteiger partial charge in [0.1, 0.15) is 0 Å². The van der Waals surface area contributed by atoms with Crippen molar-refractivity contribution in [3.63, 3.8) is 0 Å². The minimum atomic E-state index is -4.00. The van der Waals surface area contributed by atoms with Crippen molar-refractivity contribution in [2.24, 2.45) is 5.73 Å². The van der Waals surface area contributed by atoms with Crippen molar-refractivity contribution in [3.05, 3.63) is 24.1 Å². The van der Waals surface area contributed by atoms with Crippen molar-refractivity contribution in [2.45, 2.75) is 11.9 Å². The third kappa shape index (κ3) is 3.18. The minimum Gasteiger partial charge on any atom is -0.392 e. The van der Waals surface area contributed by atoms with Crippen molar-refractivity contribution in [3.8, 4) is 0 Å². The van der Waals surface area contributed by atoms with Crippen LogP contribution < -0.4 is 5.73 Å². The maximum atomic E-state index is 13.4. The van der Waals surface area contributed by atoms with Crippen LogP contribution in [-0.4, -0.2) is 35.8 Å². The van der Waals surface area contributed by atoms with Crippen LogP contribution >= 0.6 is 12.2 Å². The number of likely N-dealkylation sites (N-methyl/N-ethyl adjacent to an activating group) is 1. The number of rotatable bonds is 5. The van der Waals surface area contributed by atoms with E-state index in [1.54, 1.807) is 6.92 Å². The second-order valence-corrected chi connectivity index (χ2v) is 5.57. The second kappa shape index (κ2) is 5.48. The topological polar surface area (TPSA) is 76.3 Å². The van der Waals surface area contributed by atoms with Crippen LogP contribution in [0.1, 0.15) is 6.92 Å². The molecule has 1 rings (SSSR count). The van der Waals surface area contributed by atoms with Crippen LogP contribution in [0.15, 0.2) is 23.4 Å². The summed E-state index contributed by atoms with van der Waals surface area (Å²) in [6.45, 7) is 1.61. The number of halogens is 1. The third-order valence-corrected chi connectivity index (χ3v) is 3.98. The van der Waals surface area contributed by atoms with Gasteiger partial charge in [0.05, 0.1) is 11.5 Å². The van der Waals surface area contributed by atoms with E-state index in [4.69, 9.17) is 5.73 Å². The summed E-state index contributed by atoms with van der Waals surface area (Å²) < 4.78 is 38.4. The Morgan fingerprint density at radius 2 is 2.29 bits per heavy atom. The SMILES string of the molecule is CCN(CC(N)=S)S(=O)(=O)c1ncccc1F. The van der Waals surface area contributed by atoms with Crippen LogP contribution in [0.3, 0.4) is 0 Å². The van der Waals surface area contributed by atoms with Gasteiger partial charge in [-0.3, -0.25) is 0 Å². The van der Waals surface area contributed by atoms with E-state index in [1.165, 1.54) is 12.3 Å². The molecular formula is C9H12FN3O2S2. The smallest absolute Gasteiger partial charge is 0.263 e. The summed E-state index contributed by atoms with van der Waals surface area (Å²) in [5.41, 5.74) is 5.29. The molecule has 1 heterocycles. The van der Waals surface area contributed by atoms with Crippen LogP contribution in [0.2, 0.25) is 0 Å². The summed E-state index contributed by atoms with van der Waals surface area (Å²) in [4.78, 5) is 3.56. The Morgan fingerprint density at radius 1 is 1.65 bits per heavy atom. The van der Waals surface area contributed by atoms with Crippen molar-refractivity contribution in [1.82, 2.24) is 9.29 Å². The van der Waals surface area contributed by atoms with Gasteiger partial charge in [0.15, 0.2) is 5.82 Å². The first-order chi connectivity index (χ1) is 7.89. The Balaban J connectivity index is 3.18. The van der Waals surface area contributed by atoms with Gasteiger partial charge in [-0.1, -0.05) is 19.1 Å². The highest BCUT2D eigenvalue weighted by molar-refractivity contribution is 7.89. The monoisotopic (exact) mass is 277 g/mol. The summed E-state index contributed by atoms with van der Waals surface area (Å²) in [7, 11) is -4.00. The van der Waals surface area contributed by atoms with Gasteiger partial charge in [-0.15, -0.1) is 0 Å². The number of nitrogens with two attached hydrogens (primary N) is 1. The molecule has 0 unspecified atom stereocenters.